The molecule has 37 heavy (non-hydrogen) atoms. The predicted octanol–water partition coefficient (Wildman–Crippen LogP) is 7.28. The van der Waals surface area contributed by atoms with Crippen molar-refractivity contribution in [1.82, 2.24) is 14.5 Å². The summed E-state index contributed by atoms with van der Waals surface area (Å²) in [6.07, 6.45) is -0.412. The van der Waals surface area contributed by atoms with Gasteiger partial charge >= 0.3 is 6.18 Å². The van der Waals surface area contributed by atoms with Crippen molar-refractivity contribution in [3.8, 4) is 17.1 Å². The van der Waals surface area contributed by atoms with Gasteiger partial charge in [-0.15, -0.1) is 11.3 Å². The van der Waals surface area contributed by atoms with Crippen molar-refractivity contribution in [3.05, 3.63) is 86.9 Å². The highest BCUT2D eigenvalue weighted by Gasteiger charge is 2.32. The summed E-state index contributed by atoms with van der Waals surface area (Å²) in [6, 6.07) is 11.9. The first-order valence-corrected chi connectivity index (χ1v) is 12.7. The van der Waals surface area contributed by atoms with E-state index in [0.29, 0.717) is 38.1 Å². The van der Waals surface area contributed by atoms with Crippen LogP contribution in [0.4, 0.5) is 13.2 Å². The maximum atomic E-state index is 14.0. The van der Waals surface area contributed by atoms with E-state index in [2.05, 4.69) is 4.98 Å². The highest BCUT2D eigenvalue weighted by Crippen LogP contribution is 2.46. The summed E-state index contributed by atoms with van der Waals surface area (Å²) in [5.41, 5.74) is 0.822. The van der Waals surface area contributed by atoms with Gasteiger partial charge in [0.1, 0.15) is 16.4 Å². The van der Waals surface area contributed by atoms with Gasteiger partial charge in [0.05, 0.1) is 24.6 Å². The minimum atomic E-state index is -4.54. The van der Waals surface area contributed by atoms with Crippen LogP contribution in [0.3, 0.4) is 0 Å². The minimum absolute atomic E-state index is 0.116. The Labute approximate surface area is 218 Å². The van der Waals surface area contributed by atoms with Crippen LogP contribution in [-0.4, -0.2) is 21.6 Å². The molecule has 3 heterocycles. The Bertz CT molecular complexity index is 1740. The van der Waals surface area contributed by atoms with Gasteiger partial charge in [-0.2, -0.15) is 13.2 Å². The van der Waals surface area contributed by atoms with Crippen LogP contribution in [-0.2, 0) is 12.7 Å². The average molecular weight is 542 g/mol. The molecule has 0 N–H and O–H groups in total. The number of methoxy groups -OCH3 is 1. The highest BCUT2D eigenvalue weighted by atomic mass is 35.5. The van der Waals surface area contributed by atoms with Gasteiger partial charge in [0.2, 0.25) is 0 Å². The molecular weight excluding hydrogens is 523 g/mol. The Hall–Kier alpha value is -3.43. The Balaban J connectivity index is 1.62. The minimum Gasteiger partial charge on any atom is -0.497 e. The van der Waals surface area contributed by atoms with E-state index in [9.17, 15) is 18.0 Å². The molecule has 0 amide bonds. The van der Waals surface area contributed by atoms with Crippen molar-refractivity contribution in [2.24, 2.45) is 0 Å². The third-order valence-corrected chi connectivity index (χ3v) is 7.82. The molecule has 0 spiro atoms. The molecular formula is C27H19ClF3N3O2S. The second-order valence-corrected chi connectivity index (χ2v) is 10.5. The van der Waals surface area contributed by atoms with Crippen LogP contribution in [0.25, 0.3) is 31.7 Å². The zero-order valence-electron chi connectivity index (χ0n) is 19.5. The molecule has 10 heteroatoms. The van der Waals surface area contributed by atoms with Crippen molar-refractivity contribution >= 4 is 43.2 Å². The maximum Gasteiger partial charge on any atom is 0.417 e. The molecule has 188 valence electrons. The number of halogens is 4. The van der Waals surface area contributed by atoms with Gasteiger partial charge in [0.25, 0.3) is 5.56 Å². The molecule has 0 saturated heterocycles. The molecule has 0 radical (unpaired) electrons. The first-order chi connectivity index (χ1) is 17.7. The van der Waals surface area contributed by atoms with Crippen molar-refractivity contribution in [3.63, 3.8) is 0 Å². The zero-order chi connectivity index (χ0) is 25.9. The SMILES string of the molecule is COc1ccc(-c2nc3sc4cc(Cl)ccc4c3c(=O)n2Cc2cncc(C(F)(F)F)c2)c(C2CC2)c1. The van der Waals surface area contributed by atoms with Crippen molar-refractivity contribution in [2.75, 3.05) is 7.11 Å². The summed E-state index contributed by atoms with van der Waals surface area (Å²) in [5, 5.41) is 1.67. The van der Waals surface area contributed by atoms with Crippen molar-refractivity contribution in [1.29, 1.82) is 0 Å². The van der Waals surface area contributed by atoms with Crippen LogP contribution in [0.1, 0.15) is 35.4 Å². The first kappa shape index (κ1) is 23.9. The van der Waals surface area contributed by atoms with Crippen LogP contribution in [0, 0.1) is 0 Å². The number of rotatable bonds is 5. The van der Waals surface area contributed by atoms with Gasteiger partial charge in [-0.05, 0) is 66.3 Å². The van der Waals surface area contributed by atoms with E-state index < -0.39 is 11.7 Å². The fourth-order valence-corrected chi connectivity index (χ4v) is 5.94. The van der Waals surface area contributed by atoms with Crippen LogP contribution >= 0.6 is 22.9 Å². The van der Waals surface area contributed by atoms with Gasteiger partial charge in [-0.25, -0.2) is 4.98 Å². The zero-order valence-corrected chi connectivity index (χ0v) is 21.0. The molecule has 5 aromatic rings. The lowest BCUT2D eigenvalue weighted by molar-refractivity contribution is -0.137. The monoisotopic (exact) mass is 541 g/mol. The van der Waals surface area contributed by atoms with E-state index in [1.165, 1.54) is 22.1 Å². The Kier molecular flexibility index (Phi) is 5.72. The molecule has 6 rings (SSSR count). The molecule has 1 aliphatic carbocycles. The molecule has 0 atom stereocenters. The molecule has 3 aromatic heterocycles. The Morgan fingerprint density at radius 3 is 2.68 bits per heavy atom. The van der Waals surface area contributed by atoms with Crippen molar-refractivity contribution in [2.45, 2.75) is 31.5 Å². The lowest BCUT2D eigenvalue weighted by Gasteiger charge is -2.17. The van der Waals surface area contributed by atoms with Gasteiger partial charge in [0, 0.05) is 33.1 Å². The van der Waals surface area contributed by atoms with Gasteiger partial charge in [-0.1, -0.05) is 17.7 Å². The predicted molar refractivity (Wildman–Crippen MR) is 139 cm³/mol. The molecule has 5 nitrogen and oxygen atoms in total. The van der Waals surface area contributed by atoms with E-state index in [1.807, 2.05) is 12.1 Å². The quantitative estimate of drug-likeness (QED) is 0.235. The number of pyridine rings is 1. The van der Waals surface area contributed by atoms with Gasteiger partial charge in [0.15, 0.2) is 0 Å². The lowest BCUT2D eigenvalue weighted by atomic mass is 10.0. The molecule has 1 saturated carbocycles. The van der Waals surface area contributed by atoms with Crippen LogP contribution in [0.15, 0.2) is 59.7 Å². The second-order valence-electron chi connectivity index (χ2n) is 9.06. The third kappa shape index (κ3) is 4.36. The largest absolute Gasteiger partial charge is 0.497 e. The highest BCUT2D eigenvalue weighted by molar-refractivity contribution is 7.25. The van der Waals surface area contributed by atoms with Gasteiger partial charge < -0.3 is 4.74 Å². The first-order valence-electron chi connectivity index (χ1n) is 11.5. The number of thiophene rings is 1. The Morgan fingerprint density at radius 2 is 1.95 bits per heavy atom. The number of ether oxygens (including phenoxy) is 1. The third-order valence-electron chi connectivity index (χ3n) is 6.54. The van der Waals surface area contributed by atoms with Crippen LogP contribution in [0.5, 0.6) is 5.75 Å². The summed E-state index contributed by atoms with van der Waals surface area (Å²) in [6.45, 7) is -0.116. The fraction of sp³-hybridized carbons (Fsp3) is 0.222. The summed E-state index contributed by atoms with van der Waals surface area (Å²) in [5.74, 6) is 1.40. The smallest absolute Gasteiger partial charge is 0.417 e. The molecule has 2 aromatic carbocycles. The van der Waals surface area contributed by atoms with E-state index in [-0.39, 0.29) is 17.7 Å². The molecule has 0 unspecified atom stereocenters. The molecule has 1 aliphatic rings. The van der Waals surface area contributed by atoms with Crippen LogP contribution < -0.4 is 10.3 Å². The number of aromatic nitrogens is 3. The van der Waals surface area contributed by atoms with E-state index in [1.54, 1.807) is 31.4 Å². The van der Waals surface area contributed by atoms with Crippen LogP contribution in [0.2, 0.25) is 5.02 Å². The number of benzene rings is 2. The summed E-state index contributed by atoms with van der Waals surface area (Å²) < 4.78 is 47.8. The maximum absolute atomic E-state index is 14.0. The van der Waals surface area contributed by atoms with E-state index in [4.69, 9.17) is 21.3 Å². The average Bonchev–Trinajstić information content (AvgIpc) is 3.65. The fourth-order valence-electron chi connectivity index (χ4n) is 4.60. The number of hydrogen-bond acceptors (Lipinski definition) is 5. The van der Waals surface area contributed by atoms with E-state index in [0.717, 1.165) is 40.9 Å². The number of hydrogen-bond donors (Lipinski definition) is 0. The second kappa shape index (κ2) is 8.85. The molecule has 1 fully saturated rings. The standard InChI is InChI=1S/C27H19ClF3N3O2S/c1-36-18-5-7-19(21(10-18)15-2-3-15)24-33-25-23(20-6-4-17(28)9-22(20)37-25)26(35)34(24)13-14-8-16(12-32-11-14)27(29,30)31/h4-12,15H,2-3,13H2,1H3. The van der Waals surface area contributed by atoms with E-state index >= 15 is 0 Å². The summed E-state index contributed by atoms with van der Waals surface area (Å²) in [4.78, 5) is 23.3. The normalized spacial score (nSPS) is 14.0. The van der Waals surface area contributed by atoms with Gasteiger partial charge in [-0.3, -0.25) is 14.3 Å². The number of fused-ring (bicyclic) bond motifs is 3. The Morgan fingerprint density at radius 1 is 1.14 bits per heavy atom. The molecule has 0 bridgehead atoms. The number of alkyl halides is 3. The summed E-state index contributed by atoms with van der Waals surface area (Å²) in [7, 11) is 1.59. The lowest BCUT2D eigenvalue weighted by Crippen LogP contribution is -2.24. The topological polar surface area (TPSA) is 57.0 Å². The van der Waals surface area contributed by atoms with Crippen molar-refractivity contribution < 1.29 is 17.9 Å². The molecule has 0 aliphatic heterocycles. The summed E-state index contributed by atoms with van der Waals surface area (Å²) >= 11 is 7.55. The number of nitrogens with zero attached hydrogens (tertiary/aromatic N) is 3.